The Balaban J connectivity index is 2.05. The number of aromatic nitrogens is 5. The molecule has 0 bridgehead atoms. The molecule has 6 nitrogen and oxygen atoms in total. The molecule has 2 aromatic rings. The Morgan fingerprint density at radius 1 is 1.41 bits per heavy atom. The highest BCUT2D eigenvalue weighted by atomic mass is 15.3. The molecule has 0 aliphatic rings. The minimum atomic E-state index is 0.355. The highest BCUT2D eigenvalue weighted by molar-refractivity contribution is 5.32. The number of aryl methyl sites for hydroxylation is 1. The average molecular weight is 232 g/mol. The molecule has 0 aromatic carbocycles. The molecule has 0 saturated heterocycles. The summed E-state index contributed by atoms with van der Waals surface area (Å²) in [4.78, 5) is 8.31. The summed E-state index contributed by atoms with van der Waals surface area (Å²) in [5, 5.41) is 11.2. The quantitative estimate of drug-likeness (QED) is 0.866. The van der Waals surface area contributed by atoms with Gasteiger partial charge in [0.15, 0.2) is 5.82 Å². The lowest BCUT2D eigenvalue weighted by Crippen LogP contribution is -2.11. The maximum absolute atomic E-state index is 4.27. The molecule has 0 amide bonds. The van der Waals surface area contributed by atoms with Crippen LogP contribution in [0.15, 0.2) is 18.6 Å². The lowest BCUT2D eigenvalue weighted by atomic mass is 10.4. The number of hydrogen-bond acceptors (Lipinski definition) is 5. The molecule has 0 aliphatic heterocycles. The van der Waals surface area contributed by atoms with E-state index in [4.69, 9.17) is 0 Å². The Hall–Kier alpha value is -1.98. The van der Waals surface area contributed by atoms with E-state index in [0.717, 1.165) is 17.5 Å². The SMILES string of the molecule is Cc1nccc(NCc2nncn2C(C)C)n1. The van der Waals surface area contributed by atoms with Crippen LogP contribution in [0.1, 0.15) is 31.5 Å². The number of nitrogens with one attached hydrogen (secondary N) is 1. The van der Waals surface area contributed by atoms with Gasteiger partial charge in [0.2, 0.25) is 0 Å². The zero-order valence-corrected chi connectivity index (χ0v) is 10.3. The zero-order valence-electron chi connectivity index (χ0n) is 10.3. The van der Waals surface area contributed by atoms with Crippen molar-refractivity contribution in [3.05, 3.63) is 30.2 Å². The van der Waals surface area contributed by atoms with Crippen molar-refractivity contribution < 1.29 is 0 Å². The van der Waals surface area contributed by atoms with Crippen LogP contribution in [-0.4, -0.2) is 24.7 Å². The Morgan fingerprint density at radius 3 is 2.94 bits per heavy atom. The van der Waals surface area contributed by atoms with Gasteiger partial charge in [-0.3, -0.25) is 0 Å². The summed E-state index contributed by atoms with van der Waals surface area (Å²) in [5.41, 5.74) is 0. The molecule has 0 spiro atoms. The van der Waals surface area contributed by atoms with Crippen LogP contribution in [-0.2, 0) is 6.54 Å². The molecule has 0 unspecified atom stereocenters. The van der Waals surface area contributed by atoms with Crippen LogP contribution in [0.4, 0.5) is 5.82 Å². The Kier molecular flexibility index (Phi) is 3.32. The third-order valence-corrected chi connectivity index (χ3v) is 2.41. The monoisotopic (exact) mass is 232 g/mol. The molecule has 0 aliphatic carbocycles. The van der Waals surface area contributed by atoms with Crippen LogP contribution in [0.2, 0.25) is 0 Å². The first kappa shape index (κ1) is 11.5. The Labute approximate surface area is 100 Å². The molecule has 2 rings (SSSR count). The number of nitrogens with zero attached hydrogens (tertiary/aromatic N) is 5. The van der Waals surface area contributed by atoms with Gasteiger partial charge in [0.05, 0.1) is 6.54 Å². The molecule has 2 heterocycles. The summed E-state index contributed by atoms with van der Waals surface area (Å²) in [7, 11) is 0. The summed E-state index contributed by atoms with van der Waals surface area (Å²) in [6.07, 6.45) is 3.48. The normalized spacial score (nSPS) is 10.8. The maximum atomic E-state index is 4.27. The minimum Gasteiger partial charge on any atom is -0.363 e. The second-order valence-corrected chi connectivity index (χ2v) is 4.09. The van der Waals surface area contributed by atoms with Crippen molar-refractivity contribution in [3.8, 4) is 0 Å². The van der Waals surface area contributed by atoms with Gasteiger partial charge in [-0.2, -0.15) is 0 Å². The van der Waals surface area contributed by atoms with Crippen LogP contribution in [0.25, 0.3) is 0 Å². The van der Waals surface area contributed by atoms with E-state index < -0.39 is 0 Å². The lowest BCUT2D eigenvalue weighted by molar-refractivity contribution is 0.572. The van der Waals surface area contributed by atoms with Gasteiger partial charge in [-0.05, 0) is 26.8 Å². The topological polar surface area (TPSA) is 68.5 Å². The van der Waals surface area contributed by atoms with Gasteiger partial charge in [0.1, 0.15) is 18.0 Å². The van der Waals surface area contributed by atoms with Crippen molar-refractivity contribution >= 4 is 5.82 Å². The van der Waals surface area contributed by atoms with Gasteiger partial charge >= 0.3 is 0 Å². The van der Waals surface area contributed by atoms with Crippen LogP contribution in [0.3, 0.4) is 0 Å². The zero-order chi connectivity index (χ0) is 12.3. The van der Waals surface area contributed by atoms with Gasteiger partial charge in [-0.25, -0.2) is 9.97 Å². The van der Waals surface area contributed by atoms with Gasteiger partial charge in [0.25, 0.3) is 0 Å². The molecule has 0 fully saturated rings. The largest absolute Gasteiger partial charge is 0.363 e. The average Bonchev–Trinajstić information content (AvgIpc) is 2.74. The molecule has 1 N–H and O–H groups in total. The Morgan fingerprint density at radius 2 is 2.24 bits per heavy atom. The fraction of sp³-hybridized carbons (Fsp3) is 0.455. The fourth-order valence-electron chi connectivity index (χ4n) is 1.55. The highest BCUT2D eigenvalue weighted by Gasteiger charge is 2.06. The smallest absolute Gasteiger partial charge is 0.152 e. The van der Waals surface area contributed by atoms with Crippen molar-refractivity contribution in [2.45, 2.75) is 33.4 Å². The minimum absolute atomic E-state index is 0.355. The number of rotatable bonds is 4. The van der Waals surface area contributed by atoms with E-state index in [2.05, 4.69) is 39.3 Å². The van der Waals surface area contributed by atoms with Gasteiger partial charge in [0, 0.05) is 12.2 Å². The molecular formula is C11H16N6. The van der Waals surface area contributed by atoms with Gasteiger partial charge in [-0.15, -0.1) is 10.2 Å². The summed E-state index contributed by atoms with van der Waals surface area (Å²) >= 11 is 0. The molecule has 17 heavy (non-hydrogen) atoms. The Bertz CT molecular complexity index is 490. The maximum Gasteiger partial charge on any atom is 0.152 e. The first-order valence-corrected chi connectivity index (χ1v) is 5.58. The van der Waals surface area contributed by atoms with E-state index in [9.17, 15) is 0 Å². The molecule has 0 saturated carbocycles. The van der Waals surface area contributed by atoms with Crippen LogP contribution < -0.4 is 5.32 Å². The molecule has 90 valence electrons. The van der Waals surface area contributed by atoms with E-state index in [1.54, 1.807) is 12.5 Å². The molecule has 0 atom stereocenters. The molecule has 2 aromatic heterocycles. The summed E-state index contributed by atoms with van der Waals surface area (Å²) < 4.78 is 2.03. The molecule has 6 heteroatoms. The first-order valence-electron chi connectivity index (χ1n) is 5.58. The second kappa shape index (κ2) is 4.90. The standard InChI is InChI=1S/C11H16N6/c1-8(2)17-7-14-16-11(17)6-13-10-4-5-12-9(3)15-10/h4-5,7-8H,6H2,1-3H3,(H,12,13,15). The second-order valence-electron chi connectivity index (χ2n) is 4.09. The predicted octanol–water partition coefficient (Wildman–Crippen LogP) is 1.57. The number of anilines is 1. The van der Waals surface area contributed by atoms with Crippen molar-refractivity contribution in [1.82, 2.24) is 24.7 Å². The van der Waals surface area contributed by atoms with Gasteiger partial charge < -0.3 is 9.88 Å². The first-order chi connectivity index (χ1) is 8.16. The van der Waals surface area contributed by atoms with Crippen molar-refractivity contribution in [2.24, 2.45) is 0 Å². The van der Waals surface area contributed by atoms with E-state index in [0.29, 0.717) is 12.6 Å². The van der Waals surface area contributed by atoms with Crippen LogP contribution in [0.5, 0.6) is 0 Å². The van der Waals surface area contributed by atoms with Crippen molar-refractivity contribution in [1.29, 1.82) is 0 Å². The molecule has 0 radical (unpaired) electrons. The summed E-state index contributed by atoms with van der Waals surface area (Å²) in [6, 6.07) is 2.19. The van der Waals surface area contributed by atoms with E-state index in [1.165, 1.54) is 0 Å². The van der Waals surface area contributed by atoms with Crippen LogP contribution >= 0.6 is 0 Å². The summed E-state index contributed by atoms with van der Waals surface area (Å²) in [5.74, 6) is 2.45. The third kappa shape index (κ3) is 2.77. The fourth-order valence-corrected chi connectivity index (χ4v) is 1.55. The van der Waals surface area contributed by atoms with Crippen molar-refractivity contribution in [3.63, 3.8) is 0 Å². The number of hydrogen-bond donors (Lipinski definition) is 1. The summed E-state index contributed by atoms with van der Waals surface area (Å²) in [6.45, 7) is 6.67. The van der Waals surface area contributed by atoms with Crippen LogP contribution in [0, 0.1) is 6.92 Å². The van der Waals surface area contributed by atoms with E-state index in [-0.39, 0.29) is 0 Å². The lowest BCUT2D eigenvalue weighted by Gasteiger charge is -2.10. The van der Waals surface area contributed by atoms with E-state index in [1.807, 2.05) is 17.6 Å². The molecular weight excluding hydrogens is 216 g/mol. The van der Waals surface area contributed by atoms with E-state index >= 15 is 0 Å². The highest BCUT2D eigenvalue weighted by Crippen LogP contribution is 2.08. The van der Waals surface area contributed by atoms with Crippen molar-refractivity contribution in [2.75, 3.05) is 5.32 Å². The van der Waals surface area contributed by atoms with Gasteiger partial charge in [-0.1, -0.05) is 0 Å². The third-order valence-electron chi connectivity index (χ3n) is 2.41. The predicted molar refractivity (Wildman–Crippen MR) is 64.5 cm³/mol.